The molecule has 7 heteroatoms. The van der Waals surface area contributed by atoms with Crippen LogP contribution in [0.25, 0.3) is 0 Å². The molecule has 2 rings (SSSR count). The first-order chi connectivity index (χ1) is 11.2. The molecule has 0 aromatic heterocycles. The van der Waals surface area contributed by atoms with Crippen LogP contribution in [0.2, 0.25) is 0 Å². The molecule has 0 bridgehead atoms. The molecule has 1 aliphatic heterocycles. The Morgan fingerprint density at radius 1 is 1.33 bits per heavy atom. The number of imide groups is 1. The Hall–Kier alpha value is -2.88. The van der Waals surface area contributed by atoms with Gasteiger partial charge in [0.25, 0.3) is 5.91 Å². The molecule has 24 heavy (non-hydrogen) atoms. The summed E-state index contributed by atoms with van der Waals surface area (Å²) >= 11 is 0. The number of rotatable bonds is 5. The van der Waals surface area contributed by atoms with Gasteiger partial charge in [-0.1, -0.05) is 13.8 Å². The fourth-order valence-corrected chi connectivity index (χ4v) is 2.82. The highest BCUT2D eigenvalue weighted by molar-refractivity contribution is 6.09. The lowest BCUT2D eigenvalue weighted by Crippen LogP contribution is -2.45. The topological polar surface area (TPSA) is 102 Å². The van der Waals surface area contributed by atoms with Gasteiger partial charge >= 0.3 is 6.03 Å². The lowest BCUT2D eigenvalue weighted by molar-refractivity contribution is -0.133. The number of hydrogen-bond acceptors (Lipinski definition) is 4. The van der Waals surface area contributed by atoms with Crippen LogP contribution in [0.5, 0.6) is 0 Å². The number of hydrogen-bond donors (Lipinski definition) is 2. The fourth-order valence-electron chi connectivity index (χ4n) is 2.82. The molecule has 1 aromatic rings. The summed E-state index contributed by atoms with van der Waals surface area (Å²) in [6, 6.07) is 7.75. The Bertz CT molecular complexity index is 706. The maximum atomic E-state index is 12.5. The van der Waals surface area contributed by atoms with Crippen molar-refractivity contribution < 1.29 is 14.4 Å². The van der Waals surface area contributed by atoms with E-state index < -0.39 is 23.4 Å². The molecule has 1 aromatic carbocycles. The number of carbonyl (C=O) groups excluding carboxylic acids is 3. The summed E-state index contributed by atoms with van der Waals surface area (Å²) in [5, 5.41) is 14.0. The van der Waals surface area contributed by atoms with Gasteiger partial charge in [0.05, 0.1) is 11.6 Å². The normalized spacial score (nSPS) is 20.0. The molecule has 1 aliphatic rings. The van der Waals surface area contributed by atoms with Crippen molar-refractivity contribution in [1.82, 2.24) is 10.2 Å². The van der Waals surface area contributed by atoms with Crippen molar-refractivity contribution in [2.75, 3.05) is 11.9 Å². The molecule has 1 saturated heterocycles. The predicted octanol–water partition coefficient (Wildman–Crippen LogP) is 1.85. The number of urea groups is 1. The van der Waals surface area contributed by atoms with Crippen molar-refractivity contribution in [2.45, 2.75) is 32.7 Å². The maximum Gasteiger partial charge on any atom is 0.325 e. The Balaban J connectivity index is 2.02. The number of nitrogens with one attached hydrogen (secondary N) is 2. The molecule has 4 amide bonds. The molecule has 0 saturated carbocycles. The van der Waals surface area contributed by atoms with Gasteiger partial charge in [-0.05, 0) is 43.5 Å². The third-order valence-electron chi connectivity index (χ3n) is 3.76. The van der Waals surface area contributed by atoms with Crippen LogP contribution in [0.1, 0.15) is 32.8 Å². The second-order valence-corrected chi connectivity index (χ2v) is 6.49. The third kappa shape index (κ3) is 3.71. The third-order valence-corrected chi connectivity index (χ3v) is 3.76. The largest absolute Gasteiger partial charge is 0.325 e. The van der Waals surface area contributed by atoms with Crippen LogP contribution in [0.4, 0.5) is 10.5 Å². The molecule has 0 unspecified atom stereocenters. The monoisotopic (exact) mass is 328 g/mol. The smallest absolute Gasteiger partial charge is 0.325 e. The van der Waals surface area contributed by atoms with Crippen LogP contribution in [-0.2, 0) is 9.59 Å². The molecule has 0 aliphatic carbocycles. The van der Waals surface area contributed by atoms with Crippen LogP contribution < -0.4 is 10.6 Å². The minimum absolute atomic E-state index is 0.228. The molecular formula is C17H20N4O3. The van der Waals surface area contributed by atoms with E-state index in [0.717, 1.165) is 4.90 Å². The predicted molar refractivity (Wildman–Crippen MR) is 87.9 cm³/mol. The number of amides is 4. The van der Waals surface area contributed by atoms with E-state index in [4.69, 9.17) is 5.26 Å². The first-order valence-electron chi connectivity index (χ1n) is 7.69. The van der Waals surface area contributed by atoms with Crippen molar-refractivity contribution in [3.63, 3.8) is 0 Å². The van der Waals surface area contributed by atoms with Crippen molar-refractivity contribution in [2.24, 2.45) is 5.92 Å². The number of nitrogens with zero attached hydrogens (tertiary/aromatic N) is 2. The Morgan fingerprint density at radius 3 is 2.50 bits per heavy atom. The van der Waals surface area contributed by atoms with E-state index in [-0.39, 0.29) is 12.5 Å². The average molecular weight is 328 g/mol. The van der Waals surface area contributed by atoms with Crippen molar-refractivity contribution in [1.29, 1.82) is 5.26 Å². The second-order valence-electron chi connectivity index (χ2n) is 6.49. The molecule has 126 valence electrons. The highest BCUT2D eigenvalue weighted by Crippen LogP contribution is 2.24. The lowest BCUT2D eigenvalue weighted by atomic mass is 9.91. The van der Waals surface area contributed by atoms with Gasteiger partial charge in [-0.3, -0.25) is 14.5 Å². The Morgan fingerprint density at radius 2 is 1.96 bits per heavy atom. The molecule has 1 heterocycles. The van der Waals surface area contributed by atoms with Gasteiger partial charge in [0.1, 0.15) is 12.1 Å². The Labute approximate surface area is 140 Å². The van der Waals surface area contributed by atoms with E-state index in [0.29, 0.717) is 17.7 Å². The average Bonchev–Trinajstić information content (AvgIpc) is 2.70. The number of nitriles is 1. The van der Waals surface area contributed by atoms with Crippen molar-refractivity contribution in [3.8, 4) is 6.07 Å². The molecule has 1 atom stereocenters. The van der Waals surface area contributed by atoms with E-state index >= 15 is 0 Å². The van der Waals surface area contributed by atoms with Gasteiger partial charge in [0.2, 0.25) is 5.91 Å². The zero-order valence-electron chi connectivity index (χ0n) is 13.9. The van der Waals surface area contributed by atoms with Gasteiger partial charge in [-0.25, -0.2) is 4.79 Å². The van der Waals surface area contributed by atoms with Crippen molar-refractivity contribution in [3.05, 3.63) is 29.8 Å². The molecule has 0 radical (unpaired) electrons. The van der Waals surface area contributed by atoms with E-state index in [1.165, 1.54) is 0 Å². The maximum absolute atomic E-state index is 12.5. The molecule has 1 fully saturated rings. The van der Waals surface area contributed by atoms with E-state index in [1.807, 2.05) is 19.9 Å². The molecule has 0 spiro atoms. The summed E-state index contributed by atoms with van der Waals surface area (Å²) in [7, 11) is 0. The quantitative estimate of drug-likeness (QED) is 0.805. The standard InChI is InChI=1S/C17H20N4O3/c1-11(2)8-17(3)15(23)21(16(24)20-17)10-14(22)19-13-6-4-12(9-18)5-7-13/h4-7,11H,8,10H2,1-3H3,(H,19,22)(H,20,24)/t17-/m0/s1. The summed E-state index contributed by atoms with van der Waals surface area (Å²) in [5.41, 5.74) is 0.00233. The van der Waals surface area contributed by atoms with Crippen LogP contribution in [0.15, 0.2) is 24.3 Å². The summed E-state index contributed by atoms with van der Waals surface area (Å²) in [6.45, 7) is 5.25. The van der Waals surface area contributed by atoms with Crippen LogP contribution in [-0.4, -0.2) is 34.8 Å². The molecule has 7 nitrogen and oxygen atoms in total. The van der Waals surface area contributed by atoms with Crippen molar-refractivity contribution >= 4 is 23.5 Å². The highest BCUT2D eigenvalue weighted by Gasteiger charge is 2.48. The van der Waals surface area contributed by atoms with Crippen LogP contribution >= 0.6 is 0 Å². The van der Waals surface area contributed by atoms with E-state index in [1.54, 1.807) is 31.2 Å². The minimum Gasteiger partial charge on any atom is -0.325 e. The SMILES string of the molecule is CC(C)C[C@]1(C)NC(=O)N(CC(=O)Nc2ccc(C#N)cc2)C1=O. The zero-order valence-corrected chi connectivity index (χ0v) is 13.9. The number of anilines is 1. The fraction of sp³-hybridized carbons (Fsp3) is 0.412. The van der Waals surface area contributed by atoms with E-state index in [9.17, 15) is 14.4 Å². The summed E-state index contributed by atoms with van der Waals surface area (Å²) < 4.78 is 0. The zero-order chi connectivity index (χ0) is 17.9. The second kappa shape index (κ2) is 6.71. The highest BCUT2D eigenvalue weighted by atomic mass is 16.2. The van der Waals surface area contributed by atoms with Gasteiger partial charge in [-0.2, -0.15) is 5.26 Å². The van der Waals surface area contributed by atoms with Gasteiger partial charge in [0, 0.05) is 5.69 Å². The molecular weight excluding hydrogens is 308 g/mol. The van der Waals surface area contributed by atoms with Gasteiger partial charge in [-0.15, -0.1) is 0 Å². The minimum atomic E-state index is -0.972. The van der Waals surface area contributed by atoms with Crippen LogP contribution in [0.3, 0.4) is 0 Å². The summed E-state index contributed by atoms with van der Waals surface area (Å²) in [6.07, 6.45) is 0.505. The number of carbonyl (C=O) groups is 3. The lowest BCUT2D eigenvalue weighted by Gasteiger charge is -2.23. The summed E-state index contributed by atoms with van der Waals surface area (Å²) in [5.74, 6) is -0.639. The van der Waals surface area contributed by atoms with Gasteiger partial charge in [0.15, 0.2) is 0 Å². The van der Waals surface area contributed by atoms with E-state index in [2.05, 4.69) is 10.6 Å². The first kappa shape index (κ1) is 17.5. The number of benzene rings is 1. The first-order valence-corrected chi connectivity index (χ1v) is 7.69. The van der Waals surface area contributed by atoms with Crippen LogP contribution in [0, 0.1) is 17.2 Å². The molecule has 2 N–H and O–H groups in total. The summed E-state index contributed by atoms with van der Waals surface area (Å²) in [4.78, 5) is 37.5. The Kier molecular flexibility index (Phi) is 4.88. The van der Waals surface area contributed by atoms with Gasteiger partial charge < -0.3 is 10.6 Å².